The van der Waals surface area contributed by atoms with Gasteiger partial charge in [0.25, 0.3) is 0 Å². The Balaban J connectivity index is 1.70. The van der Waals surface area contributed by atoms with E-state index >= 15 is 0 Å². The molecule has 28 heavy (non-hydrogen) atoms. The summed E-state index contributed by atoms with van der Waals surface area (Å²) < 4.78 is 23.5. The lowest BCUT2D eigenvalue weighted by Gasteiger charge is -2.14. The van der Waals surface area contributed by atoms with Crippen LogP contribution in [0, 0.1) is 0 Å². The topological polar surface area (TPSA) is 53.9 Å². The van der Waals surface area contributed by atoms with E-state index in [4.69, 9.17) is 18.9 Å². The van der Waals surface area contributed by atoms with E-state index in [1.54, 1.807) is 28.4 Å². The molecule has 3 rings (SSSR count). The normalized spacial score (nSPS) is 10.6. The van der Waals surface area contributed by atoms with E-state index in [0.29, 0.717) is 11.5 Å². The fraction of sp³-hybridized carbons (Fsp3) is 0.273. The lowest BCUT2D eigenvalue weighted by molar-refractivity contribution is 0.354. The number of hydrogen-bond donors (Lipinski definition) is 1. The lowest BCUT2D eigenvalue weighted by atomic mass is 10.2. The van der Waals surface area contributed by atoms with Crippen LogP contribution in [-0.2, 0) is 13.1 Å². The average molecular weight is 382 g/mol. The predicted molar refractivity (Wildman–Crippen MR) is 109 cm³/mol. The molecule has 1 N–H and O–H groups in total. The second-order valence-electron chi connectivity index (χ2n) is 6.20. The number of rotatable bonds is 9. The summed E-state index contributed by atoms with van der Waals surface area (Å²) in [5, 5.41) is 3.48. The number of ether oxygens (including phenoxy) is 4. The molecule has 0 fully saturated rings. The van der Waals surface area contributed by atoms with E-state index in [1.165, 1.54) is 0 Å². The molecule has 6 heteroatoms. The second-order valence-corrected chi connectivity index (χ2v) is 6.20. The third kappa shape index (κ3) is 4.23. The first-order valence-corrected chi connectivity index (χ1v) is 9.00. The van der Waals surface area contributed by atoms with Crippen LogP contribution in [0.25, 0.3) is 5.69 Å². The summed E-state index contributed by atoms with van der Waals surface area (Å²) in [5.41, 5.74) is 3.29. The van der Waals surface area contributed by atoms with Gasteiger partial charge in [-0.1, -0.05) is 6.07 Å². The molecular formula is C22H26N2O4. The van der Waals surface area contributed by atoms with Crippen molar-refractivity contribution in [1.29, 1.82) is 0 Å². The van der Waals surface area contributed by atoms with Crippen molar-refractivity contribution in [3.8, 4) is 28.7 Å². The van der Waals surface area contributed by atoms with Crippen molar-refractivity contribution in [3.05, 3.63) is 66.0 Å². The van der Waals surface area contributed by atoms with Crippen molar-refractivity contribution in [1.82, 2.24) is 9.88 Å². The highest BCUT2D eigenvalue weighted by molar-refractivity contribution is 5.49. The third-order valence-corrected chi connectivity index (χ3v) is 4.56. The summed E-state index contributed by atoms with van der Waals surface area (Å²) in [4.78, 5) is 0. The zero-order valence-corrected chi connectivity index (χ0v) is 16.7. The van der Waals surface area contributed by atoms with Gasteiger partial charge in [0.1, 0.15) is 0 Å². The van der Waals surface area contributed by atoms with Crippen molar-refractivity contribution in [2.45, 2.75) is 13.1 Å². The number of nitrogens with zero attached hydrogens (tertiary/aromatic N) is 1. The number of aromatic nitrogens is 1. The van der Waals surface area contributed by atoms with E-state index in [2.05, 4.69) is 16.0 Å². The van der Waals surface area contributed by atoms with Crippen LogP contribution in [0.4, 0.5) is 0 Å². The van der Waals surface area contributed by atoms with Crippen molar-refractivity contribution < 1.29 is 18.9 Å². The van der Waals surface area contributed by atoms with Crippen LogP contribution in [0.1, 0.15) is 11.3 Å². The van der Waals surface area contributed by atoms with E-state index in [9.17, 15) is 0 Å². The van der Waals surface area contributed by atoms with Gasteiger partial charge in [0.2, 0.25) is 0 Å². The summed E-state index contributed by atoms with van der Waals surface area (Å²) >= 11 is 0. The summed E-state index contributed by atoms with van der Waals surface area (Å²) in [7, 11) is 6.56. The zero-order valence-electron chi connectivity index (χ0n) is 16.7. The minimum Gasteiger partial charge on any atom is -0.493 e. The minimum atomic E-state index is 0.706. The average Bonchev–Trinajstić information content (AvgIpc) is 3.21. The van der Waals surface area contributed by atoms with Gasteiger partial charge in [0.05, 0.1) is 28.4 Å². The summed E-state index contributed by atoms with van der Waals surface area (Å²) in [6, 6.07) is 16.0. The van der Waals surface area contributed by atoms with Gasteiger partial charge in [-0.3, -0.25) is 0 Å². The Morgan fingerprint density at radius 1 is 0.714 bits per heavy atom. The number of methoxy groups -OCH3 is 4. The van der Waals surface area contributed by atoms with Crippen LogP contribution in [0.3, 0.4) is 0 Å². The van der Waals surface area contributed by atoms with E-state index in [-0.39, 0.29) is 0 Å². The maximum atomic E-state index is 5.42. The van der Waals surface area contributed by atoms with Crippen LogP contribution in [0.15, 0.2) is 54.7 Å². The van der Waals surface area contributed by atoms with Crippen LogP contribution < -0.4 is 24.3 Å². The summed E-state index contributed by atoms with van der Waals surface area (Å²) in [6.07, 6.45) is 2.04. The molecule has 0 unspecified atom stereocenters. The minimum absolute atomic E-state index is 0.706. The monoisotopic (exact) mass is 382 g/mol. The Hall–Kier alpha value is -3.12. The smallest absolute Gasteiger partial charge is 0.162 e. The van der Waals surface area contributed by atoms with E-state index in [1.807, 2.05) is 48.7 Å². The van der Waals surface area contributed by atoms with Crippen LogP contribution in [0.5, 0.6) is 23.0 Å². The number of nitrogens with one attached hydrogen (secondary N) is 1. The molecule has 0 saturated heterocycles. The first kappa shape index (κ1) is 19.6. The molecule has 2 aromatic carbocycles. The fourth-order valence-corrected chi connectivity index (χ4v) is 3.11. The van der Waals surface area contributed by atoms with E-state index < -0.39 is 0 Å². The predicted octanol–water partition coefficient (Wildman–Crippen LogP) is 3.80. The molecule has 148 valence electrons. The molecule has 1 aromatic heterocycles. The van der Waals surface area contributed by atoms with Gasteiger partial charge in [-0.05, 0) is 42.0 Å². The largest absolute Gasteiger partial charge is 0.493 e. The molecule has 0 amide bonds. The van der Waals surface area contributed by atoms with Crippen LogP contribution in [0.2, 0.25) is 0 Å². The van der Waals surface area contributed by atoms with Gasteiger partial charge in [-0.2, -0.15) is 0 Å². The molecular weight excluding hydrogens is 356 g/mol. The molecule has 0 aliphatic rings. The Bertz CT molecular complexity index is 921. The van der Waals surface area contributed by atoms with Crippen molar-refractivity contribution in [2.24, 2.45) is 0 Å². The van der Waals surface area contributed by atoms with Crippen LogP contribution >= 0.6 is 0 Å². The first-order valence-electron chi connectivity index (χ1n) is 9.00. The Morgan fingerprint density at radius 2 is 1.36 bits per heavy atom. The number of hydrogen-bond acceptors (Lipinski definition) is 5. The lowest BCUT2D eigenvalue weighted by Crippen LogP contribution is -2.15. The molecule has 0 aliphatic heterocycles. The van der Waals surface area contributed by atoms with Gasteiger partial charge in [0, 0.05) is 36.7 Å². The molecule has 0 saturated carbocycles. The fourth-order valence-electron chi connectivity index (χ4n) is 3.11. The van der Waals surface area contributed by atoms with Crippen molar-refractivity contribution in [2.75, 3.05) is 28.4 Å². The van der Waals surface area contributed by atoms with Gasteiger partial charge < -0.3 is 28.8 Å². The molecule has 3 aromatic rings. The Morgan fingerprint density at radius 3 is 2.04 bits per heavy atom. The van der Waals surface area contributed by atoms with Gasteiger partial charge in [-0.25, -0.2) is 0 Å². The zero-order chi connectivity index (χ0) is 19.9. The standard InChI is InChI=1S/C22H26N2O4/c1-25-19-9-7-16(12-21(19)27-3)14-23-15-18-6-5-11-24(18)17-8-10-20(26-2)22(13-17)28-4/h5-13,23H,14-15H2,1-4H3. The highest BCUT2D eigenvalue weighted by Crippen LogP contribution is 2.30. The molecule has 0 radical (unpaired) electrons. The van der Waals surface area contributed by atoms with E-state index in [0.717, 1.165) is 41.5 Å². The second kappa shape index (κ2) is 9.19. The number of benzene rings is 2. The molecule has 1 heterocycles. The van der Waals surface area contributed by atoms with Crippen molar-refractivity contribution in [3.63, 3.8) is 0 Å². The molecule has 0 bridgehead atoms. The molecule has 0 atom stereocenters. The SMILES string of the molecule is COc1ccc(CNCc2cccn2-c2ccc(OC)c(OC)c2)cc1OC. The molecule has 0 spiro atoms. The summed E-state index contributed by atoms with van der Waals surface area (Å²) in [6.45, 7) is 1.44. The third-order valence-electron chi connectivity index (χ3n) is 4.56. The summed E-state index contributed by atoms with van der Waals surface area (Å²) in [5.74, 6) is 2.88. The maximum absolute atomic E-state index is 5.42. The Kier molecular flexibility index (Phi) is 6.45. The van der Waals surface area contributed by atoms with Gasteiger partial charge >= 0.3 is 0 Å². The van der Waals surface area contributed by atoms with Gasteiger partial charge in [0.15, 0.2) is 23.0 Å². The Labute approximate surface area is 165 Å². The van der Waals surface area contributed by atoms with Gasteiger partial charge in [-0.15, -0.1) is 0 Å². The first-order chi connectivity index (χ1) is 13.7. The highest BCUT2D eigenvalue weighted by atomic mass is 16.5. The highest BCUT2D eigenvalue weighted by Gasteiger charge is 2.09. The van der Waals surface area contributed by atoms with Crippen molar-refractivity contribution >= 4 is 0 Å². The van der Waals surface area contributed by atoms with Crippen LogP contribution in [-0.4, -0.2) is 33.0 Å². The maximum Gasteiger partial charge on any atom is 0.162 e. The quantitative estimate of drug-likeness (QED) is 0.610. The molecule has 6 nitrogen and oxygen atoms in total. The molecule has 0 aliphatic carbocycles.